The number of benzene rings is 1. The second kappa shape index (κ2) is 6.09. The summed E-state index contributed by atoms with van der Waals surface area (Å²) in [6.45, 7) is 2.78. The van der Waals surface area contributed by atoms with Gasteiger partial charge in [-0.1, -0.05) is 6.07 Å². The number of aryl methyl sites for hydroxylation is 1. The lowest BCUT2D eigenvalue weighted by atomic mass is 10.1. The Hall–Kier alpha value is -2.23. The topological polar surface area (TPSA) is 51.5 Å². The standard InChI is InChI=1S/C15H17NO3/c1-12(17)15-13(18)6-4-7-14(15)19-11-5-10-16-8-2-3-9-16/h2-4,6-9,18H,5,10-11H2,1H3. The van der Waals surface area contributed by atoms with Crippen molar-refractivity contribution in [3.63, 3.8) is 0 Å². The van der Waals surface area contributed by atoms with E-state index in [4.69, 9.17) is 4.74 Å². The van der Waals surface area contributed by atoms with E-state index in [0.717, 1.165) is 13.0 Å². The third-order valence-electron chi connectivity index (χ3n) is 2.84. The molecule has 100 valence electrons. The van der Waals surface area contributed by atoms with Gasteiger partial charge in [-0.05, 0) is 37.6 Å². The normalized spacial score (nSPS) is 10.4. The number of hydrogen-bond acceptors (Lipinski definition) is 3. The van der Waals surface area contributed by atoms with E-state index >= 15 is 0 Å². The maximum Gasteiger partial charge on any atom is 0.167 e. The van der Waals surface area contributed by atoms with Gasteiger partial charge in [0.25, 0.3) is 0 Å². The third kappa shape index (κ3) is 3.37. The number of ether oxygens (including phenoxy) is 1. The summed E-state index contributed by atoms with van der Waals surface area (Å²) in [5, 5.41) is 9.66. The molecule has 1 aromatic carbocycles. The molecule has 0 aliphatic rings. The van der Waals surface area contributed by atoms with Crippen LogP contribution < -0.4 is 4.74 Å². The highest BCUT2D eigenvalue weighted by Gasteiger charge is 2.13. The molecule has 0 aliphatic carbocycles. The molecule has 0 radical (unpaired) electrons. The second-order valence-corrected chi connectivity index (χ2v) is 4.33. The SMILES string of the molecule is CC(=O)c1c(O)cccc1OCCCn1cccc1. The molecule has 1 heterocycles. The fourth-order valence-electron chi connectivity index (χ4n) is 1.94. The summed E-state index contributed by atoms with van der Waals surface area (Å²) < 4.78 is 7.65. The monoisotopic (exact) mass is 259 g/mol. The average molecular weight is 259 g/mol. The molecule has 0 bridgehead atoms. The van der Waals surface area contributed by atoms with Gasteiger partial charge < -0.3 is 14.4 Å². The first-order valence-corrected chi connectivity index (χ1v) is 6.25. The third-order valence-corrected chi connectivity index (χ3v) is 2.84. The number of aromatic hydroxyl groups is 1. The quantitative estimate of drug-likeness (QED) is 0.641. The molecule has 19 heavy (non-hydrogen) atoms. The summed E-state index contributed by atoms with van der Waals surface area (Å²) in [4.78, 5) is 11.5. The van der Waals surface area contributed by atoms with Crippen molar-refractivity contribution in [2.75, 3.05) is 6.61 Å². The van der Waals surface area contributed by atoms with Gasteiger partial charge in [-0.25, -0.2) is 0 Å². The van der Waals surface area contributed by atoms with Crippen LogP contribution in [0, 0.1) is 0 Å². The highest BCUT2D eigenvalue weighted by Crippen LogP contribution is 2.27. The maximum atomic E-state index is 11.5. The highest BCUT2D eigenvalue weighted by molar-refractivity contribution is 5.99. The lowest BCUT2D eigenvalue weighted by Crippen LogP contribution is -2.06. The van der Waals surface area contributed by atoms with E-state index in [1.807, 2.05) is 24.5 Å². The Bertz CT molecular complexity index is 547. The number of aromatic nitrogens is 1. The number of hydrogen-bond donors (Lipinski definition) is 1. The number of Topliss-reactive ketones (excluding diaryl/α,β-unsaturated/α-hetero) is 1. The van der Waals surface area contributed by atoms with Crippen molar-refractivity contribution in [3.05, 3.63) is 48.3 Å². The molecule has 0 atom stereocenters. The molecular formula is C15H17NO3. The number of carbonyl (C=O) groups excluding carboxylic acids is 1. The largest absolute Gasteiger partial charge is 0.507 e. The molecule has 4 nitrogen and oxygen atoms in total. The van der Waals surface area contributed by atoms with Gasteiger partial charge in [0, 0.05) is 18.9 Å². The highest BCUT2D eigenvalue weighted by atomic mass is 16.5. The van der Waals surface area contributed by atoms with E-state index in [0.29, 0.717) is 12.4 Å². The second-order valence-electron chi connectivity index (χ2n) is 4.33. The summed E-state index contributed by atoms with van der Waals surface area (Å²) in [5.41, 5.74) is 0.253. The first-order chi connectivity index (χ1) is 9.18. The summed E-state index contributed by atoms with van der Waals surface area (Å²) >= 11 is 0. The van der Waals surface area contributed by atoms with Crippen LogP contribution in [0.3, 0.4) is 0 Å². The van der Waals surface area contributed by atoms with Crippen molar-refractivity contribution >= 4 is 5.78 Å². The van der Waals surface area contributed by atoms with Gasteiger partial charge >= 0.3 is 0 Å². The molecular weight excluding hydrogens is 242 g/mol. The van der Waals surface area contributed by atoms with Crippen LogP contribution in [0.2, 0.25) is 0 Å². The van der Waals surface area contributed by atoms with Gasteiger partial charge in [0.1, 0.15) is 17.1 Å². The number of phenolic OH excluding ortho intramolecular Hbond substituents is 1. The molecule has 0 saturated carbocycles. The van der Waals surface area contributed by atoms with Crippen LogP contribution in [0.1, 0.15) is 23.7 Å². The fraction of sp³-hybridized carbons (Fsp3) is 0.267. The zero-order valence-corrected chi connectivity index (χ0v) is 10.9. The summed E-state index contributed by atoms with van der Waals surface area (Å²) in [6, 6.07) is 8.81. The molecule has 0 unspecified atom stereocenters. The number of rotatable bonds is 6. The zero-order valence-electron chi connectivity index (χ0n) is 10.9. The minimum atomic E-state index is -0.196. The summed E-state index contributed by atoms with van der Waals surface area (Å²) in [6.07, 6.45) is 4.83. The van der Waals surface area contributed by atoms with Crippen LogP contribution in [0.5, 0.6) is 11.5 Å². The van der Waals surface area contributed by atoms with Gasteiger partial charge in [-0.2, -0.15) is 0 Å². The Morgan fingerprint density at radius 2 is 2.00 bits per heavy atom. The summed E-state index contributed by atoms with van der Waals surface area (Å²) in [5.74, 6) is 0.217. The Balaban J connectivity index is 1.92. The number of carbonyl (C=O) groups is 1. The van der Waals surface area contributed by atoms with Crippen molar-refractivity contribution in [2.45, 2.75) is 19.9 Å². The number of ketones is 1. The van der Waals surface area contributed by atoms with Crippen molar-refractivity contribution < 1.29 is 14.6 Å². The van der Waals surface area contributed by atoms with Gasteiger partial charge in [-0.15, -0.1) is 0 Å². The Kier molecular flexibility index (Phi) is 4.23. The zero-order chi connectivity index (χ0) is 13.7. The molecule has 0 amide bonds. The van der Waals surface area contributed by atoms with Gasteiger partial charge in [0.05, 0.1) is 6.61 Å². The Morgan fingerprint density at radius 1 is 1.26 bits per heavy atom. The minimum absolute atomic E-state index is 0.0320. The molecule has 0 aliphatic heterocycles. The molecule has 1 aromatic heterocycles. The molecule has 0 saturated heterocycles. The van der Waals surface area contributed by atoms with E-state index in [2.05, 4.69) is 4.57 Å². The van der Waals surface area contributed by atoms with Crippen LogP contribution in [0.25, 0.3) is 0 Å². The predicted octanol–water partition coefficient (Wildman–Crippen LogP) is 2.87. The van der Waals surface area contributed by atoms with E-state index < -0.39 is 0 Å². The van der Waals surface area contributed by atoms with Gasteiger partial charge in [0.15, 0.2) is 5.78 Å². The smallest absolute Gasteiger partial charge is 0.167 e. The van der Waals surface area contributed by atoms with Crippen LogP contribution in [-0.2, 0) is 6.54 Å². The van der Waals surface area contributed by atoms with Crippen LogP contribution in [-0.4, -0.2) is 22.1 Å². The van der Waals surface area contributed by atoms with Crippen LogP contribution >= 0.6 is 0 Å². The molecule has 2 rings (SSSR count). The first-order valence-electron chi connectivity index (χ1n) is 6.25. The molecule has 0 fully saturated rings. The predicted molar refractivity (Wildman–Crippen MR) is 72.7 cm³/mol. The molecule has 0 spiro atoms. The van der Waals surface area contributed by atoms with E-state index in [9.17, 15) is 9.90 Å². The molecule has 1 N–H and O–H groups in total. The fourth-order valence-corrected chi connectivity index (χ4v) is 1.94. The molecule has 2 aromatic rings. The number of phenols is 1. The van der Waals surface area contributed by atoms with Crippen molar-refractivity contribution in [3.8, 4) is 11.5 Å². The minimum Gasteiger partial charge on any atom is -0.507 e. The van der Waals surface area contributed by atoms with Gasteiger partial charge in [-0.3, -0.25) is 4.79 Å². The van der Waals surface area contributed by atoms with Crippen LogP contribution in [0.15, 0.2) is 42.7 Å². The molecule has 4 heteroatoms. The lowest BCUT2D eigenvalue weighted by Gasteiger charge is -2.11. The first kappa shape index (κ1) is 13.2. The van der Waals surface area contributed by atoms with Crippen molar-refractivity contribution in [2.24, 2.45) is 0 Å². The van der Waals surface area contributed by atoms with Crippen molar-refractivity contribution in [1.82, 2.24) is 4.57 Å². The van der Waals surface area contributed by atoms with E-state index in [1.54, 1.807) is 12.1 Å². The number of nitrogens with zero attached hydrogens (tertiary/aromatic N) is 1. The van der Waals surface area contributed by atoms with E-state index in [1.165, 1.54) is 13.0 Å². The van der Waals surface area contributed by atoms with E-state index in [-0.39, 0.29) is 17.1 Å². The summed E-state index contributed by atoms with van der Waals surface area (Å²) in [7, 11) is 0. The Labute approximate surface area is 112 Å². The maximum absolute atomic E-state index is 11.5. The average Bonchev–Trinajstić information content (AvgIpc) is 2.87. The lowest BCUT2D eigenvalue weighted by molar-refractivity contribution is 0.101. The van der Waals surface area contributed by atoms with Crippen LogP contribution in [0.4, 0.5) is 0 Å². The Morgan fingerprint density at radius 3 is 2.68 bits per heavy atom. The van der Waals surface area contributed by atoms with Crippen molar-refractivity contribution in [1.29, 1.82) is 0 Å². The van der Waals surface area contributed by atoms with Gasteiger partial charge in [0.2, 0.25) is 0 Å².